The first kappa shape index (κ1) is 10.2. The Labute approximate surface area is 79.8 Å². The van der Waals surface area contributed by atoms with Crippen LogP contribution in [0.4, 0.5) is 0 Å². The predicted molar refractivity (Wildman–Crippen MR) is 54.1 cm³/mol. The number of amides is 1. The lowest BCUT2D eigenvalue weighted by molar-refractivity contribution is -0.133. The standard InChI is InChI=1S/C10H18N2O/c1-8-7-10(3,4)12(9(2)13)6-5-11-8/h5-7H2,1-4H3. The fraction of sp³-hybridized carbons (Fsp3) is 0.800. The third kappa shape index (κ3) is 2.29. The summed E-state index contributed by atoms with van der Waals surface area (Å²) in [7, 11) is 0. The highest BCUT2D eigenvalue weighted by Gasteiger charge is 2.30. The van der Waals surface area contributed by atoms with Crippen molar-refractivity contribution in [3.63, 3.8) is 0 Å². The van der Waals surface area contributed by atoms with Crippen LogP contribution in [-0.2, 0) is 4.79 Å². The van der Waals surface area contributed by atoms with Crippen LogP contribution in [-0.4, -0.2) is 35.1 Å². The van der Waals surface area contributed by atoms with Gasteiger partial charge in [-0.25, -0.2) is 0 Å². The van der Waals surface area contributed by atoms with Crippen molar-refractivity contribution in [2.45, 2.75) is 39.7 Å². The van der Waals surface area contributed by atoms with E-state index in [1.807, 2.05) is 11.8 Å². The first-order valence-corrected chi connectivity index (χ1v) is 4.71. The van der Waals surface area contributed by atoms with Gasteiger partial charge in [0, 0.05) is 31.1 Å². The fourth-order valence-electron chi connectivity index (χ4n) is 2.00. The minimum Gasteiger partial charge on any atom is -0.336 e. The van der Waals surface area contributed by atoms with Gasteiger partial charge < -0.3 is 4.90 Å². The summed E-state index contributed by atoms with van der Waals surface area (Å²) in [6.07, 6.45) is 0.882. The lowest BCUT2D eigenvalue weighted by Crippen LogP contribution is -2.47. The highest BCUT2D eigenvalue weighted by atomic mass is 16.2. The second kappa shape index (κ2) is 3.48. The molecule has 0 saturated heterocycles. The van der Waals surface area contributed by atoms with E-state index in [0.717, 1.165) is 25.2 Å². The Morgan fingerprint density at radius 1 is 1.54 bits per heavy atom. The maximum absolute atomic E-state index is 11.3. The van der Waals surface area contributed by atoms with Gasteiger partial charge in [0.15, 0.2) is 0 Å². The molecule has 0 aliphatic carbocycles. The van der Waals surface area contributed by atoms with Crippen molar-refractivity contribution >= 4 is 11.6 Å². The number of aliphatic imine (C=N–C) groups is 1. The third-order valence-electron chi connectivity index (χ3n) is 2.50. The Balaban J connectivity index is 2.84. The van der Waals surface area contributed by atoms with E-state index in [1.165, 1.54) is 0 Å². The first-order valence-electron chi connectivity index (χ1n) is 4.71. The van der Waals surface area contributed by atoms with Gasteiger partial charge in [-0.3, -0.25) is 9.79 Å². The molecule has 1 heterocycles. The Morgan fingerprint density at radius 3 is 2.69 bits per heavy atom. The lowest BCUT2D eigenvalue weighted by Gasteiger charge is -2.36. The smallest absolute Gasteiger partial charge is 0.219 e. The molecule has 0 bridgehead atoms. The van der Waals surface area contributed by atoms with Crippen molar-refractivity contribution in [1.82, 2.24) is 4.90 Å². The Morgan fingerprint density at radius 2 is 2.15 bits per heavy atom. The molecule has 0 aromatic heterocycles. The van der Waals surface area contributed by atoms with Crippen LogP contribution in [0.3, 0.4) is 0 Å². The van der Waals surface area contributed by atoms with Crippen LogP contribution in [0.15, 0.2) is 4.99 Å². The molecule has 1 aliphatic rings. The second-order valence-electron chi connectivity index (χ2n) is 4.28. The molecule has 1 rings (SSSR count). The Hall–Kier alpha value is -0.860. The summed E-state index contributed by atoms with van der Waals surface area (Å²) in [4.78, 5) is 17.6. The van der Waals surface area contributed by atoms with Crippen molar-refractivity contribution < 1.29 is 4.79 Å². The fourth-order valence-corrected chi connectivity index (χ4v) is 2.00. The summed E-state index contributed by atoms with van der Waals surface area (Å²) in [6.45, 7) is 9.35. The van der Waals surface area contributed by atoms with Gasteiger partial charge in [0.05, 0.1) is 6.54 Å². The average molecular weight is 182 g/mol. The van der Waals surface area contributed by atoms with Crippen LogP contribution < -0.4 is 0 Å². The molecule has 1 amide bonds. The molecule has 0 aromatic carbocycles. The van der Waals surface area contributed by atoms with Crippen LogP contribution in [0.25, 0.3) is 0 Å². The van der Waals surface area contributed by atoms with Gasteiger partial charge in [-0.05, 0) is 20.8 Å². The van der Waals surface area contributed by atoms with Crippen LogP contribution in [0.2, 0.25) is 0 Å². The van der Waals surface area contributed by atoms with E-state index in [9.17, 15) is 4.79 Å². The van der Waals surface area contributed by atoms with Gasteiger partial charge in [-0.15, -0.1) is 0 Å². The van der Waals surface area contributed by atoms with Crippen molar-refractivity contribution in [3.8, 4) is 0 Å². The number of rotatable bonds is 0. The quantitative estimate of drug-likeness (QED) is 0.558. The maximum atomic E-state index is 11.3. The SMILES string of the molecule is CC(=O)N1CCN=C(C)CC1(C)C. The van der Waals surface area contributed by atoms with E-state index in [1.54, 1.807) is 6.92 Å². The van der Waals surface area contributed by atoms with Crippen molar-refractivity contribution in [2.75, 3.05) is 13.1 Å². The van der Waals surface area contributed by atoms with E-state index >= 15 is 0 Å². The van der Waals surface area contributed by atoms with Crippen LogP contribution in [0.5, 0.6) is 0 Å². The highest BCUT2D eigenvalue weighted by molar-refractivity contribution is 5.84. The molecule has 0 spiro atoms. The number of hydrogen-bond acceptors (Lipinski definition) is 2. The van der Waals surface area contributed by atoms with Crippen LogP contribution in [0, 0.1) is 0 Å². The Bertz CT molecular complexity index is 243. The van der Waals surface area contributed by atoms with Crippen LogP contribution >= 0.6 is 0 Å². The minimum absolute atomic E-state index is 0.0735. The van der Waals surface area contributed by atoms with Gasteiger partial charge in [-0.2, -0.15) is 0 Å². The lowest BCUT2D eigenvalue weighted by atomic mass is 9.96. The van der Waals surface area contributed by atoms with Gasteiger partial charge in [0.2, 0.25) is 5.91 Å². The molecule has 1 aliphatic heterocycles. The van der Waals surface area contributed by atoms with E-state index < -0.39 is 0 Å². The normalized spacial score (nSPS) is 22.2. The van der Waals surface area contributed by atoms with Crippen LogP contribution in [0.1, 0.15) is 34.1 Å². The summed E-state index contributed by atoms with van der Waals surface area (Å²) >= 11 is 0. The third-order valence-corrected chi connectivity index (χ3v) is 2.50. The molecule has 0 fully saturated rings. The van der Waals surface area contributed by atoms with E-state index in [0.29, 0.717) is 0 Å². The molecule has 0 unspecified atom stereocenters. The first-order chi connectivity index (χ1) is 5.93. The summed E-state index contributed by atoms with van der Waals surface area (Å²) < 4.78 is 0. The topological polar surface area (TPSA) is 32.7 Å². The zero-order valence-electron chi connectivity index (χ0n) is 8.92. The van der Waals surface area contributed by atoms with Gasteiger partial charge in [-0.1, -0.05) is 0 Å². The molecule has 74 valence electrons. The van der Waals surface area contributed by atoms with Crippen molar-refractivity contribution in [2.24, 2.45) is 4.99 Å². The number of nitrogens with zero attached hydrogens (tertiary/aromatic N) is 2. The molecule has 3 heteroatoms. The summed E-state index contributed by atoms with van der Waals surface area (Å²) in [5.74, 6) is 0.148. The molecule has 0 saturated carbocycles. The minimum atomic E-state index is -0.0735. The molecule has 0 aromatic rings. The largest absolute Gasteiger partial charge is 0.336 e. The summed E-state index contributed by atoms with van der Waals surface area (Å²) in [6, 6.07) is 0. The zero-order chi connectivity index (χ0) is 10.1. The monoisotopic (exact) mass is 182 g/mol. The highest BCUT2D eigenvalue weighted by Crippen LogP contribution is 2.21. The number of carbonyl (C=O) groups is 1. The molecule has 0 atom stereocenters. The molecule has 13 heavy (non-hydrogen) atoms. The summed E-state index contributed by atoms with van der Waals surface area (Å²) in [5.41, 5.74) is 1.07. The van der Waals surface area contributed by atoms with E-state index in [4.69, 9.17) is 0 Å². The Kier molecular flexibility index (Phi) is 2.74. The van der Waals surface area contributed by atoms with Gasteiger partial charge >= 0.3 is 0 Å². The molecular formula is C10H18N2O. The number of hydrogen-bond donors (Lipinski definition) is 0. The molecular weight excluding hydrogens is 164 g/mol. The molecule has 0 radical (unpaired) electrons. The molecule has 0 N–H and O–H groups in total. The summed E-state index contributed by atoms with van der Waals surface area (Å²) in [5, 5.41) is 0. The average Bonchev–Trinajstić information content (AvgIpc) is 2.06. The second-order valence-corrected chi connectivity index (χ2v) is 4.28. The van der Waals surface area contributed by atoms with Gasteiger partial charge in [0.25, 0.3) is 0 Å². The van der Waals surface area contributed by atoms with E-state index in [-0.39, 0.29) is 11.4 Å². The molecule has 3 nitrogen and oxygen atoms in total. The van der Waals surface area contributed by atoms with Crippen molar-refractivity contribution in [3.05, 3.63) is 0 Å². The van der Waals surface area contributed by atoms with Crippen molar-refractivity contribution in [1.29, 1.82) is 0 Å². The maximum Gasteiger partial charge on any atom is 0.219 e. The van der Waals surface area contributed by atoms with Gasteiger partial charge in [0.1, 0.15) is 0 Å². The zero-order valence-corrected chi connectivity index (χ0v) is 8.92. The number of carbonyl (C=O) groups excluding carboxylic acids is 1. The predicted octanol–water partition coefficient (Wildman–Crippen LogP) is 1.48. The van der Waals surface area contributed by atoms with E-state index in [2.05, 4.69) is 18.8 Å².